The molecular formula is C17H30N4O3. The zero-order chi connectivity index (χ0) is 17.9. The maximum atomic E-state index is 12.6. The second kappa shape index (κ2) is 8.09. The number of hydrogen-bond donors (Lipinski definition) is 2. The SMILES string of the molecule is Cc1nn(CC(=O)N2C[C@@H](CN(C)CCO)[C@@H](CO)C2)c(C)c1C. The minimum Gasteiger partial charge on any atom is -0.396 e. The molecule has 7 heteroatoms. The van der Waals surface area contributed by atoms with Gasteiger partial charge >= 0.3 is 0 Å². The molecule has 1 aromatic rings. The summed E-state index contributed by atoms with van der Waals surface area (Å²) < 4.78 is 1.77. The molecule has 0 spiro atoms. The number of aromatic nitrogens is 2. The van der Waals surface area contributed by atoms with Crippen LogP contribution in [0.4, 0.5) is 0 Å². The van der Waals surface area contributed by atoms with Crippen LogP contribution < -0.4 is 0 Å². The zero-order valence-corrected chi connectivity index (χ0v) is 15.2. The standard InChI is InChI=1S/C17H30N4O3/c1-12-13(2)18-21(14(12)3)10-17(24)20-8-15(16(9-20)11-23)7-19(4)5-6-22/h15-16,22-23H,5-11H2,1-4H3/t15-,16-/m1/s1. The van der Waals surface area contributed by atoms with Crippen LogP contribution in [-0.2, 0) is 11.3 Å². The first kappa shape index (κ1) is 18.9. The first-order chi connectivity index (χ1) is 11.4. The number of hydrogen-bond acceptors (Lipinski definition) is 5. The lowest BCUT2D eigenvalue weighted by Gasteiger charge is -2.23. The van der Waals surface area contributed by atoms with Crippen LogP contribution in [0.5, 0.6) is 0 Å². The zero-order valence-electron chi connectivity index (χ0n) is 15.2. The number of aryl methyl sites for hydroxylation is 1. The molecule has 1 amide bonds. The number of likely N-dealkylation sites (tertiary alicyclic amines) is 1. The number of nitrogens with zero attached hydrogens (tertiary/aromatic N) is 4. The van der Waals surface area contributed by atoms with Gasteiger partial charge in [-0.25, -0.2) is 0 Å². The van der Waals surface area contributed by atoms with Crippen molar-refractivity contribution >= 4 is 5.91 Å². The Kier molecular flexibility index (Phi) is 6.37. The van der Waals surface area contributed by atoms with Crippen molar-refractivity contribution in [2.45, 2.75) is 27.3 Å². The maximum Gasteiger partial charge on any atom is 0.244 e. The van der Waals surface area contributed by atoms with Crippen LogP contribution >= 0.6 is 0 Å². The Hall–Kier alpha value is -1.44. The Bertz CT molecular complexity index is 572. The van der Waals surface area contributed by atoms with E-state index in [9.17, 15) is 9.90 Å². The molecule has 1 aromatic heterocycles. The van der Waals surface area contributed by atoms with E-state index in [1.807, 2.05) is 37.6 Å². The molecule has 2 heterocycles. The number of aliphatic hydroxyl groups excluding tert-OH is 2. The quantitative estimate of drug-likeness (QED) is 0.720. The van der Waals surface area contributed by atoms with Gasteiger partial charge in [0.1, 0.15) is 6.54 Å². The van der Waals surface area contributed by atoms with E-state index in [4.69, 9.17) is 5.11 Å². The summed E-state index contributed by atoms with van der Waals surface area (Å²) in [5, 5.41) is 23.1. The molecule has 7 nitrogen and oxygen atoms in total. The molecule has 0 aromatic carbocycles. The van der Waals surface area contributed by atoms with Gasteiger partial charge in [0.25, 0.3) is 0 Å². The highest BCUT2D eigenvalue weighted by Gasteiger charge is 2.35. The summed E-state index contributed by atoms with van der Waals surface area (Å²) in [5.41, 5.74) is 3.11. The normalized spacial score (nSPS) is 21.0. The van der Waals surface area contributed by atoms with Gasteiger partial charge in [0, 0.05) is 44.4 Å². The van der Waals surface area contributed by atoms with E-state index in [2.05, 4.69) is 5.10 Å². The van der Waals surface area contributed by atoms with Gasteiger partial charge in [0.2, 0.25) is 5.91 Å². The Morgan fingerprint density at radius 2 is 1.92 bits per heavy atom. The first-order valence-corrected chi connectivity index (χ1v) is 8.56. The van der Waals surface area contributed by atoms with Crippen molar-refractivity contribution in [3.8, 4) is 0 Å². The van der Waals surface area contributed by atoms with Crippen LogP contribution in [0.3, 0.4) is 0 Å². The van der Waals surface area contributed by atoms with E-state index < -0.39 is 0 Å². The molecular weight excluding hydrogens is 308 g/mol. The number of aliphatic hydroxyl groups is 2. The van der Waals surface area contributed by atoms with Gasteiger partial charge in [-0.15, -0.1) is 0 Å². The second-order valence-corrected chi connectivity index (χ2v) is 6.94. The molecule has 136 valence electrons. The average molecular weight is 338 g/mol. The van der Waals surface area contributed by atoms with E-state index in [1.165, 1.54) is 0 Å². The summed E-state index contributed by atoms with van der Waals surface area (Å²) >= 11 is 0. The number of amides is 1. The molecule has 2 rings (SSSR count). The third-order valence-electron chi connectivity index (χ3n) is 5.22. The number of carbonyl (C=O) groups is 1. The molecule has 2 atom stereocenters. The fourth-order valence-electron chi connectivity index (χ4n) is 3.39. The van der Waals surface area contributed by atoms with Gasteiger partial charge in [0.05, 0.1) is 12.3 Å². The van der Waals surface area contributed by atoms with Crippen molar-refractivity contribution in [1.82, 2.24) is 19.6 Å². The van der Waals surface area contributed by atoms with Gasteiger partial charge in [-0.1, -0.05) is 0 Å². The largest absolute Gasteiger partial charge is 0.396 e. The number of carbonyl (C=O) groups excluding carboxylic acids is 1. The molecule has 0 aliphatic carbocycles. The van der Waals surface area contributed by atoms with Crippen LogP contribution in [0.15, 0.2) is 0 Å². The van der Waals surface area contributed by atoms with Crippen molar-refractivity contribution in [2.75, 3.05) is 46.4 Å². The second-order valence-electron chi connectivity index (χ2n) is 6.94. The summed E-state index contributed by atoms with van der Waals surface area (Å²) in [4.78, 5) is 16.5. The van der Waals surface area contributed by atoms with E-state index in [-0.39, 0.29) is 37.5 Å². The van der Waals surface area contributed by atoms with Gasteiger partial charge < -0.3 is 20.0 Å². The molecule has 0 unspecified atom stereocenters. The number of rotatable bonds is 7. The Morgan fingerprint density at radius 1 is 1.25 bits per heavy atom. The minimum absolute atomic E-state index is 0.0476. The molecule has 1 saturated heterocycles. The van der Waals surface area contributed by atoms with Crippen LogP contribution in [0.1, 0.15) is 17.0 Å². The van der Waals surface area contributed by atoms with E-state index in [0.29, 0.717) is 19.6 Å². The third kappa shape index (κ3) is 4.15. The van der Waals surface area contributed by atoms with Crippen LogP contribution in [-0.4, -0.2) is 82.1 Å². The first-order valence-electron chi connectivity index (χ1n) is 8.56. The molecule has 2 N–H and O–H groups in total. The Labute approximate surface area is 143 Å². The highest BCUT2D eigenvalue weighted by Crippen LogP contribution is 2.24. The van der Waals surface area contributed by atoms with Gasteiger partial charge in [-0.2, -0.15) is 5.10 Å². The summed E-state index contributed by atoms with van der Waals surface area (Å²) in [7, 11) is 1.95. The Balaban J connectivity index is 1.99. The summed E-state index contributed by atoms with van der Waals surface area (Å²) in [6.45, 7) is 9.02. The van der Waals surface area contributed by atoms with Crippen molar-refractivity contribution in [2.24, 2.45) is 11.8 Å². The van der Waals surface area contributed by atoms with Crippen LogP contribution in [0.2, 0.25) is 0 Å². The molecule has 0 bridgehead atoms. The Morgan fingerprint density at radius 3 is 2.46 bits per heavy atom. The summed E-state index contributed by atoms with van der Waals surface area (Å²) in [6.07, 6.45) is 0. The van der Waals surface area contributed by atoms with E-state index in [0.717, 1.165) is 23.5 Å². The molecule has 24 heavy (non-hydrogen) atoms. The van der Waals surface area contributed by atoms with Crippen molar-refractivity contribution < 1.29 is 15.0 Å². The van der Waals surface area contributed by atoms with Gasteiger partial charge in [-0.3, -0.25) is 9.48 Å². The average Bonchev–Trinajstić information content (AvgIpc) is 3.04. The molecule has 0 radical (unpaired) electrons. The molecule has 1 aliphatic heterocycles. The van der Waals surface area contributed by atoms with Gasteiger partial charge in [-0.05, 0) is 39.3 Å². The van der Waals surface area contributed by atoms with Crippen LogP contribution in [0.25, 0.3) is 0 Å². The topological polar surface area (TPSA) is 81.8 Å². The molecule has 1 aliphatic rings. The predicted molar refractivity (Wildman–Crippen MR) is 91.7 cm³/mol. The van der Waals surface area contributed by atoms with Gasteiger partial charge in [0.15, 0.2) is 0 Å². The highest BCUT2D eigenvalue weighted by molar-refractivity contribution is 5.76. The van der Waals surface area contributed by atoms with Crippen molar-refractivity contribution in [1.29, 1.82) is 0 Å². The van der Waals surface area contributed by atoms with E-state index in [1.54, 1.807) is 4.68 Å². The smallest absolute Gasteiger partial charge is 0.244 e. The third-order valence-corrected chi connectivity index (χ3v) is 5.22. The number of likely N-dealkylation sites (N-methyl/N-ethyl adjacent to an activating group) is 1. The van der Waals surface area contributed by atoms with Crippen molar-refractivity contribution in [3.63, 3.8) is 0 Å². The lowest BCUT2D eigenvalue weighted by atomic mass is 9.96. The fourth-order valence-corrected chi connectivity index (χ4v) is 3.39. The lowest BCUT2D eigenvalue weighted by molar-refractivity contribution is -0.131. The minimum atomic E-state index is 0.0476. The molecule has 0 saturated carbocycles. The molecule has 1 fully saturated rings. The van der Waals surface area contributed by atoms with Crippen molar-refractivity contribution in [3.05, 3.63) is 17.0 Å². The van der Waals surface area contributed by atoms with E-state index >= 15 is 0 Å². The fraction of sp³-hybridized carbons (Fsp3) is 0.765. The monoisotopic (exact) mass is 338 g/mol. The summed E-state index contributed by atoms with van der Waals surface area (Å²) in [6, 6.07) is 0. The maximum absolute atomic E-state index is 12.6. The highest BCUT2D eigenvalue weighted by atomic mass is 16.3. The lowest BCUT2D eigenvalue weighted by Crippen LogP contribution is -2.34. The van der Waals surface area contributed by atoms with Crippen LogP contribution in [0, 0.1) is 32.6 Å². The summed E-state index contributed by atoms with van der Waals surface area (Å²) in [5.74, 6) is 0.376. The predicted octanol–water partition coefficient (Wildman–Crippen LogP) is -0.201.